The van der Waals surface area contributed by atoms with Crippen LogP contribution in [0.15, 0.2) is 46.9 Å². The van der Waals surface area contributed by atoms with Crippen molar-refractivity contribution in [3.05, 3.63) is 58.1 Å². The molecule has 3 heteroatoms. The van der Waals surface area contributed by atoms with Crippen LogP contribution in [0, 0.1) is 0 Å². The summed E-state index contributed by atoms with van der Waals surface area (Å²) in [5.41, 5.74) is 2.00. The van der Waals surface area contributed by atoms with Crippen molar-refractivity contribution in [2.24, 2.45) is 0 Å². The van der Waals surface area contributed by atoms with Gasteiger partial charge >= 0.3 is 0 Å². The highest BCUT2D eigenvalue weighted by Crippen LogP contribution is 2.32. The van der Waals surface area contributed by atoms with Crippen LogP contribution < -0.4 is 0 Å². The van der Waals surface area contributed by atoms with Crippen LogP contribution in [0.2, 0.25) is 0 Å². The lowest BCUT2D eigenvalue weighted by Crippen LogP contribution is -2.11. The molecule has 126 valence electrons. The smallest absolute Gasteiger partial charge is 0.119 e. The highest BCUT2D eigenvalue weighted by atomic mass is 79.9. The molecule has 2 N–H and O–H groups in total. The third-order valence-electron chi connectivity index (χ3n) is 3.48. The number of phenolic OH excluding ortho intramolecular Hbond substituents is 2. The maximum absolute atomic E-state index is 9.55. The van der Waals surface area contributed by atoms with Crippen molar-refractivity contribution < 1.29 is 10.2 Å². The number of halogens is 1. The number of benzene rings is 2. The van der Waals surface area contributed by atoms with Gasteiger partial charge in [0.15, 0.2) is 0 Å². The van der Waals surface area contributed by atoms with E-state index in [1.54, 1.807) is 12.1 Å². The Morgan fingerprint density at radius 2 is 1.17 bits per heavy atom. The first-order chi connectivity index (χ1) is 10.4. The third kappa shape index (κ3) is 5.91. The first-order valence-electron chi connectivity index (χ1n) is 7.70. The van der Waals surface area contributed by atoms with Crippen LogP contribution in [0.5, 0.6) is 11.5 Å². The number of rotatable bonds is 0. The Kier molecular flexibility index (Phi) is 6.29. The average molecular weight is 379 g/mol. The van der Waals surface area contributed by atoms with Crippen LogP contribution in [0.3, 0.4) is 0 Å². The second kappa shape index (κ2) is 7.39. The van der Waals surface area contributed by atoms with Gasteiger partial charge in [-0.1, -0.05) is 75.7 Å². The van der Waals surface area contributed by atoms with Gasteiger partial charge in [0.1, 0.15) is 11.5 Å². The Hall–Kier alpha value is -1.48. The first-order valence-corrected chi connectivity index (χ1v) is 8.49. The molecule has 0 aliphatic heterocycles. The predicted octanol–water partition coefficient (Wildman–Crippen LogP) is 6.14. The van der Waals surface area contributed by atoms with Crippen molar-refractivity contribution in [2.75, 3.05) is 0 Å². The van der Waals surface area contributed by atoms with Crippen molar-refractivity contribution in [3.8, 4) is 11.5 Å². The summed E-state index contributed by atoms with van der Waals surface area (Å²) in [6, 6.07) is 13.0. The van der Waals surface area contributed by atoms with Crippen LogP contribution in [0.1, 0.15) is 52.7 Å². The summed E-state index contributed by atoms with van der Waals surface area (Å²) < 4.78 is 1.00. The van der Waals surface area contributed by atoms with E-state index in [1.165, 1.54) is 0 Å². The molecule has 0 aliphatic carbocycles. The maximum Gasteiger partial charge on any atom is 0.119 e. The largest absolute Gasteiger partial charge is 0.508 e. The van der Waals surface area contributed by atoms with Gasteiger partial charge in [-0.3, -0.25) is 0 Å². The normalized spacial score (nSPS) is 11.6. The van der Waals surface area contributed by atoms with E-state index in [2.05, 4.69) is 57.5 Å². The van der Waals surface area contributed by atoms with Gasteiger partial charge in [-0.25, -0.2) is 0 Å². The molecule has 2 rings (SSSR count). The summed E-state index contributed by atoms with van der Waals surface area (Å²) in [4.78, 5) is 0. The summed E-state index contributed by atoms with van der Waals surface area (Å²) in [5.74, 6) is 0.755. The van der Waals surface area contributed by atoms with Crippen LogP contribution in [0.25, 0.3) is 0 Å². The van der Waals surface area contributed by atoms with Gasteiger partial charge in [-0.15, -0.1) is 0 Å². The van der Waals surface area contributed by atoms with Crippen LogP contribution in [0.4, 0.5) is 0 Å². The number of para-hydroxylation sites is 1. The van der Waals surface area contributed by atoms with Gasteiger partial charge in [-0.05, 0) is 40.7 Å². The van der Waals surface area contributed by atoms with E-state index in [4.69, 9.17) is 0 Å². The maximum atomic E-state index is 9.55. The van der Waals surface area contributed by atoms with Crippen molar-refractivity contribution in [2.45, 2.75) is 52.4 Å². The minimum atomic E-state index is -0.00609. The molecular weight excluding hydrogens is 352 g/mol. The van der Waals surface area contributed by atoms with E-state index in [9.17, 15) is 10.2 Å². The lowest BCUT2D eigenvalue weighted by atomic mass is 9.86. The Morgan fingerprint density at radius 1 is 0.696 bits per heavy atom. The highest BCUT2D eigenvalue weighted by Gasteiger charge is 2.18. The highest BCUT2D eigenvalue weighted by molar-refractivity contribution is 9.10. The summed E-state index contributed by atoms with van der Waals surface area (Å²) in [7, 11) is 0. The van der Waals surface area contributed by atoms with Crippen molar-refractivity contribution in [1.82, 2.24) is 0 Å². The van der Waals surface area contributed by atoms with E-state index in [1.807, 2.05) is 30.3 Å². The number of hydrogen-bond donors (Lipinski definition) is 2. The Morgan fingerprint density at radius 3 is 1.57 bits per heavy atom. The summed E-state index contributed by atoms with van der Waals surface area (Å²) >= 11 is 3.38. The lowest BCUT2D eigenvalue weighted by Gasteiger charge is -2.20. The Bertz CT molecular complexity index is 649. The molecule has 2 nitrogen and oxygen atoms in total. The zero-order valence-electron chi connectivity index (χ0n) is 14.8. The topological polar surface area (TPSA) is 40.5 Å². The Labute approximate surface area is 148 Å². The second-order valence-electron chi connectivity index (χ2n) is 7.68. The number of phenols is 2. The molecular formula is C20H27BrO2. The zero-order valence-corrected chi connectivity index (χ0v) is 16.4. The molecule has 0 bridgehead atoms. The fourth-order valence-electron chi connectivity index (χ4n) is 2.22. The van der Waals surface area contributed by atoms with Crippen molar-refractivity contribution >= 4 is 15.9 Å². The molecule has 0 unspecified atom stereocenters. The molecule has 0 fully saturated rings. The molecule has 0 aromatic heterocycles. The number of hydrogen-bond acceptors (Lipinski definition) is 2. The van der Waals surface area contributed by atoms with Crippen molar-refractivity contribution in [1.29, 1.82) is 0 Å². The molecule has 23 heavy (non-hydrogen) atoms. The third-order valence-corrected chi connectivity index (χ3v) is 3.97. The molecule has 0 heterocycles. The molecule has 2 aromatic rings. The van der Waals surface area contributed by atoms with Gasteiger partial charge < -0.3 is 10.2 Å². The van der Waals surface area contributed by atoms with E-state index >= 15 is 0 Å². The quantitative estimate of drug-likeness (QED) is 0.577. The van der Waals surface area contributed by atoms with E-state index in [0.29, 0.717) is 11.5 Å². The Balaban J connectivity index is 0.000000231. The zero-order chi connectivity index (χ0) is 17.8. The van der Waals surface area contributed by atoms with Gasteiger partial charge in [0, 0.05) is 10.0 Å². The van der Waals surface area contributed by atoms with Crippen LogP contribution in [-0.4, -0.2) is 10.2 Å². The van der Waals surface area contributed by atoms with Gasteiger partial charge in [0.25, 0.3) is 0 Å². The minimum absolute atomic E-state index is 0.00609. The molecule has 0 aliphatic rings. The first kappa shape index (κ1) is 19.6. The van der Waals surface area contributed by atoms with Gasteiger partial charge in [0.2, 0.25) is 0 Å². The number of aromatic hydroxyl groups is 2. The van der Waals surface area contributed by atoms with Crippen LogP contribution in [-0.2, 0) is 10.8 Å². The fourth-order valence-corrected chi connectivity index (χ4v) is 2.58. The van der Waals surface area contributed by atoms with E-state index in [-0.39, 0.29) is 10.8 Å². The summed E-state index contributed by atoms with van der Waals surface area (Å²) in [6.45, 7) is 12.5. The van der Waals surface area contributed by atoms with Crippen LogP contribution >= 0.6 is 15.9 Å². The van der Waals surface area contributed by atoms with Gasteiger partial charge in [0.05, 0.1) is 0 Å². The molecule has 0 amide bonds. The molecule has 0 atom stereocenters. The van der Waals surface area contributed by atoms with E-state index < -0.39 is 0 Å². The average Bonchev–Trinajstić information content (AvgIpc) is 2.40. The lowest BCUT2D eigenvalue weighted by molar-refractivity contribution is 0.446. The molecule has 0 saturated carbocycles. The van der Waals surface area contributed by atoms with Crippen molar-refractivity contribution in [3.63, 3.8) is 0 Å². The SMILES string of the molecule is CC(C)(C)c1cc(Br)ccc1O.CC(C)(C)c1ccccc1O. The molecule has 0 saturated heterocycles. The molecule has 0 spiro atoms. The van der Waals surface area contributed by atoms with Gasteiger partial charge in [-0.2, -0.15) is 0 Å². The minimum Gasteiger partial charge on any atom is -0.508 e. The second-order valence-corrected chi connectivity index (χ2v) is 8.59. The summed E-state index contributed by atoms with van der Waals surface area (Å²) in [6.07, 6.45) is 0. The monoisotopic (exact) mass is 378 g/mol. The summed E-state index contributed by atoms with van der Waals surface area (Å²) in [5, 5.41) is 19.0. The van der Waals surface area contributed by atoms with E-state index in [0.717, 1.165) is 15.6 Å². The molecule has 0 radical (unpaired) electrons. The molecule has 2 aromatic carbocycles. The standard InChI is InChI=1S/C10H13BrO.C10H14O/c1-10(2,3)8-6-7(11)4-5-9(8)12;1-10(2,3)8-6-4-5-7-9(8)11/h4-6,12H,1-3H3;4-7,11H,1-3H3. The fraction of sp³-hybridized carbons (Fsp3) is 0.400. The predicted molar refractivity (Wildman–Crippen MR) is 101 cm³/mol.